The molecule has 0 aromatic heterocycles. The van der Waals surface area contributed by atoms with E-state index in [0.29, 0.717) is 12.2 Å². The minimum absolute atomic E-state index is 0.282. The van der Waals surface area contributed by atoms with Crippen molar-refractivity contribution >= 4 is 5.91 Å². The molecule has 0 bridgehead atoms. The summed E-state index contributed by atoms with van der Waals surface area (Å²) < 4.78 is 11.6. The number of amides is 1. The number of carbonyl (C=O) groups excluding carboxylic acids is 1. The number of nitrogens with two attached hydrogens (primary N) is 1. The number of carbonyl (C=O) groups is 1. The Kier molecular flexibility index (Phi) is 5.56. The molecule has 132 valence electrons. The van der Waals surface area contributed by atoms with Crippen molar-refractivity contribution in [2.75, 3.05) is 26.2 Å². The zero-order valence-corrected chi connectivity index (χ0v) is 14.5. The first-order valence-corrected chi connectivity index (χ1v) is 8.58. The molecule has 1 saturated heterocycles. The van der Waals surface area contributed by atoms with Gasteiger partial charge in [0.1, 0.15) is 17.6 Å². The minimum Gasteiger partial charge on any atom is -0.494 e. The molecular formula is C20H24N2O3. The number of nitrogens with zero attached hydrogens (tertiary/aromatic N) is 1. The summed E-state index contributed by atoms with van der Waals surface area (Å²) in [7, 11) is 0. The normalized spacial score (nSPS) is 14.8. The minimum atomic E-state index is -0.424. The first kappa shape index (κ1) is 17.3. The van der Waals surface area contributed by atoms with Crippen molar-refractivity contribution in [1.29, 1.82) is 0 Å². The molecule has 0 radical (unpaired) electrons. The fourth-order valence-corrected chi connectivity index (χ4v) is 2.78. The van der Waals surface area contributed by atoms with Gasteiger partial charge in [0, 0.05) is 25.2 Å². The lowest BCUT2D eigenvalue weighted by molar-refractivity contribution is 0.0173. The van der Waals surface area contributed by atoms with Gasteiger partial charge in [-0.1, -0.05) is 17.7 Å². The SMILES string of the molecule is Cc1ccc(OC2CN(CCCOc3ccc(C(N)=O)cc3)C2)cc1. The Balaban J connectivity index is 1.29. The third-order valence-corrected chi connectivity index (χ3v) is 4.27. The smallest absolute Gasteiger partial charge is 0.248 e. The number of hydrogen-bond acceptors (Lipinski definition) is 4. The first-order valence-electron chi connectivity index (χ1n) is 8.58. The number of aryl methyl sites for hydroxylation is 1. The maximum absolute atomic E-state index is 11.0. The molecule has 1 fully saturated rings. The largest absolute Gasteiger partial charge is 0.494 e. The molecule has 1 heterocycles. The van der Waals surface area contributed by atoms with Gasteiger partial charge in [-0.3, -0.25) is 9.69 Å². The Labute approximate surface area is 148 Å². The van der Waals surface area contributed by atoms with E-state index in [1.54, 1.807) is 24.3 Å². The summed E-state index contributed by atoms with van der Waals surface area (Å²) in [6.45, 7) is 5.63. The van der Waals surface area contributed by atoms with E-state index in [4.69, 9.17) is 15.2 Å². The number of rotatable bonds is 8. The molecule has 1 aliphatic heterocycles. The fourth-order valence-electron chi connectivity index (χ4n) is 2.78. The van der Waals surface area contributed by atoms with Crippen LogP contribution >= 0.6 is 0 Å². The predicted octanol–water partition coefficient (Wildman–Crippen LogP) is 2.63. The average molecular weight is 340 g/mol. The quantitative estimate of drug-likeness (QED) is 0.750. The van der Waals surface area contributed by atoms with Crippen LogP contribution in [0.5, 0.6) is 11.5 Å². The maximum atomic E-state index is 11.0. The highest BCUT2D eigenvalue weighted by molar-refractivity contribution is 5.92. The van der Waals surface area contributed by atoms with Crippen LogP contribution in [0.3, 0.4) is 0 Å². The van der Waals surface area contributed by atoms with Gasteiger partial charge in [0.25, 0.3) is 0 Å². The highest BCUT2D eigenvalue weighted by atomic mass is 16.5. The number of primary amides is 1. The van der Waals surface area contributed by atoms with Gasteiger partial charge >= 0.3 is 0 Å². The second-order valence-corrected chi connectivity index (χ2v) is 6.40. The van der Waals surface area contributed by atoms with Gasteiger partial charge in [0.2, 0.25) is 5.91 Å². The topological polar surface area (TPSA) is 64.8 Å². The van der Waals surface area contributed by atoms with Crippen LogP contribution in [-0.2, 0) is 0 Å². The molecule has 0 atom stereocenters. The Morgan fingerprint density at radius 3 is 2.36 bits per heavy atom. The van der Waals surface area contributed by atoms with Crippen LogP contribution in [0.2, 0.25) is 0 Å². The van der Waals surface area contributed by atoms with Gasteiger partial charge in [-0.2, -0.15) is 0 Å². The monoisotopic (exact) mass is 340 g/mol. The van der Waals surface area contributed by atoms with E-state index in [9.17, 15) is 4.79 Å². The van der Waals surface area contributed by atoms with Gasteiger partial charge in [-0.25, -0.2) is 0 Å². The van der Waals surface area contributed by atoms with Crippen molar-refractivity contribution in [2.45, 2.75) is 19.4 Å². The molecular weight excluding hydrogens is 316 g/mol. The summed E-state index contributed by atoms with van der Waals surface area (Å²) in [5.74, 6) is 1.28. The zero-order chi connectivity index (χ0) is 17.6. The van der Waals surface area contributed by atoms with Crippen LogP contribution < -0.4 is 15.2 Å². The Bertz CT molecular complexity index is 692. The molecule has 0 aliphatic carbocycles. The van der Waals surface area contributed by atoms with E-state index in [0.717, 1.165) is 37.6 Å². The van der Waals surface area contributed by atoms with E-state index < -0.39 is 5.91 Å². The Morgan fingerprint density at radius 2 is 1.72 bits per heavy atom. The lowest BCUT2D eigenvalue weighted by atomic mass is 10.1. The summed E-state index contributed by atoms with van der Waals surface area (Å²) >= 11 is 0. The predicted molar refractivity (Wildman–Crippen MR) is 97.1 cm³/mol. The van der Waals surface area contributed by atoms with Crippen LogP contribution in [0.1, 0.15) is 22.3 Å². The van der Waals surface area contributed by atoms with Crippen LogP contribution in [0.15, 0.2) is 48.5 Å². The summed E-state index contributed by atoms with van der Waals surface area (Å²) in [5, 5.41) is 0. The van der Waals surface area contributed by atoms with E-state index >= 15 is 0 Å². The summed E-state index contributed by atoms with van der Waals surface area (Å²) in [4.78, 5) is 13.4. The lowest BCUT2D eigenvalue weighted by Crippen LogP contribution is -2.54. The van der Waals surface area contributed by atoms with Crippen molar-refractivity contribution < 1.29 is 14.3 Å². The van der Waals surface area contributed by atoms with Crippen molar-refractivity contribution in [2.24, 2.45) is 5.73 Å². The molecule has 2 aromatic carbocycles. The molecule has 1 aliphatic rings. The summed E-state index contributed by atoms with van der Waals surface area (Å²) in [6, 6.07) is 15.1. The molecule has 0 saturated carbocycles. The van der Waals surface area contributed by atoms with E-state index in [1.807, 2.05) is 12.1 Å². The second kappa shape index (κ2) is 8.03. The number of benzene rings is 2. The van der Waals surface area contributed by atoms with E-state index in [2.05, 4.69) is 24.0 Å². The average Bonchev–Trinajstić information content (AvgIpc) is 2.58. The third kappa shape index (κ3) is 4.97. The van der Waals surface area contributed by atoms with Crippen LogP contribution in [0.4, 0.5) is 0 Å². The molecule has 1 amide bonds. The molecule has 5 heteroatoms. The van der Waals surface area contributed by atoms with Crippen molar-refractivity contribution in [1.82, 2.24) is 4.90 Å². The molecule has 2 N–H and O–H groups in total. The van der Waals surface area contributed by atoms with Crippen LogP contribution in [0, 0.1) is 6.92 Å². The molecule has 3 rings (SSSR count). The lowest BCUT2D eigenvalue weighted by Gasteiger charge is -2.39. The number of likely N-dealkylation sites (tertiary alicyclic amines) is 1. The molecule has 2 aromatic rings. The number of hydrogen-bond donors (Lipinski definition) is 1. The van der Waals surface area contributed by atoms with Crippen molar-refractivity contribution in [3.63, 3.8) is 0 Å². The Morgan fingerprint density at radius 1 is 1.08 bits per heavy atom. The maximum Gasteiger partial charge on any atom is 0.248 e. The van der Waals surface area contributed by atoms with Gasteiger partial charge in [-0.15, -0.1) is 0 Å². The highest BCUT2D eigenvalue weighted by Crippen LogP contribution is 2.19. The van der Waals surface area contributed by atoms with Crippen LogP contribution in [0.25, 0.3) is 0 Å². The summed E-state index contributed by atoms with van der Waals surface area (Å²) in [5.41, 5.74) is 6.95. The van der Waals surface area contributed by atoms with Gasteiger partial charge in [-0.05, 0) is 49.7 Å². The first-order chi connectivity index (χ1) is 12.1. The molecule has 25 heavy (non-hydrogen) atoms. The van der Waals surface area contributed by atoms with Crippen molar-refractivity contribution in [3.8, 4) is 11.5 Å². The standard InChI is InChI=1S/C20H24N2O3/c1-15-3-7-18(8-4-15)25-19-13-22(14-19)11-2-12-24-17-9-5-16(6-10-17)20(21)23/h3-10,19H,2,11-14H2,1H3,(H2,21,23). The van der Waals surface area contributed by atoms with E-state index in [1.165, 1.54) is 5.56 Å². The highest BCUT2D eigenvalue weighted by Gasteiger charge is 2.27. The molecule has 0 spiro atoms. The fraction of sp³-hybridized carbons (Fsp3) is 0.350. The molecule has 5 nitrogen and oxygen atoms in total. The van der Waals surface area contributed by atoms with Crippen molar-refractivity contribution in [3.05, 3.63) is 59.7 Å². The second-order valence-electron chi connectivity index (χ2n) is 6.40. The van der Waals surface area contributed by atoms with Gasteiger partial charge in [0.15, 0.2) is 0 Å². The third-order valence-electron chi connectivity index (χ3n) is 4.27. The summed E-state index contributed by atoms with van der Waals surface area (Å²) in [6.07, 6.45) is 1.24. The Hall–Kier alpha value is -2.53. The van der Waals surface area contributed by atoms with E-state index in [-0.39, 0.29) is 6.10 Å². The number of ether oxygens (including phenoxy) is 2. The zero-order valence-electron chi connectivity index (χ0n) is 14.5. The van der Waals surface area contributed by atoms with Gasteiger partial charge in [0.05, 0.1) is 6.61 Å². The van der Waals surface area contributed by atoms with Gasteiger partial charge < -0.3 is 15.2 Å². The van der Waals surface area contributed by atoms with Crippen LogP contribution in [-0.4, -0.2) is 43.2 Å². The molecule has 0 unspecified atom stereocenters.